The molecule has 0 aliphatic rings. The van der Waals surface area contributed by atoms with E-state index in [0.29, 0.717) is 0 Å². The van der Waals surface area contributed by atoms with Crippen LogP contribution in [0.4, 0.5) is 4.70 Å². The van der Waals surface area contributed by atoms with Crippen molar-refractivity contribution in [1.82, 2.24) is 0 Å². The van der Waals surface area contributed by atoms with E-state index in [4.69, 9.17) is 19.8 Å². The third-order valence-electron chi connectivity index (χ3n) is 0.183. The summed E-state index contributed by atoms with van der Waals surface area (Å²) in [6.07, 6.45) is 0. The summed E-state index contributed by atoms with van der Waals surface area (Å²) in [6, 6.07) is 0. The standard InChI is InChI=1S/C2H2O4.FH.2K.2H/c3-1(4)2(5)6;;;;;/h(H,3,4)(H,5,6);1H;;;;/q;;2*+1;2*-1. The van der Waals surface area contributed by atoms with Crippen LogP contribution >= 0.6 is 0 Å². The number of carbonyl (C=O) groups is 2. The summed E-state index contributed by atoms with van der Waals surface area (Å²) in [5.74, 6) is -3.65. The molecule has 46 valence electrons. The number of hydrogen-bond donors (Lipinski definition) is 2. The predicted octanol–water partition coefficient (Wildman–Crippen LogP) is -6.46. The molecule has 0 aromatic rings. The van der Waals surface area contributed by atoms with E-state index in [1.54, 1.807) is 0 Å². The number of rotatable bonds is 0. The number of aliphatic carboxylic acids is 2. The minimum Gasteiger partial charge on any atom is -1.00 e. The van der Waals surface area contributed by atoms with E-state index in [-0.39, 0.29) is 110 Å². The van der Waals surface area contributed by atoms with Crippen LogP contribution in [0.3, 0.4) is 0 Å². The maximum Gasteiger partial charge on any atom is 1.00 e. The Morgan fingerprint density at radius 1 is 1.00 bits per heavy atom. The molecule has 0 aromatic carbocycles. The van der Waals surface area contributed by atoms with Gasteiger partial charge in [-0.2, -0.15) is 0 Å². The molecule has 7 heteroatoms. The Morgan fingerprint density at radius 2 is 1.11 bits per heavy atom. The van der Waals surface area contributed by atoms with E-state index in [0.717, 1.165) is 0 Å². The summed E-state index contributed by atoms with van der Waals surface area (Å²) in [6.45, 7) is 0. The molecule has 0 heterocycles. The van der Waals surface area contributed by atoms with Crippen molar-refractivity contribution in [2.75, 3.05) is 0 Å². The monoisotopic (exact) mass is 190 g/mol. The average Bonchev–Trinajstić information content (AvgIpc) is 1.36. The first-order valence-electron chi connectivity index (χ1n) is 1.11. The number of carboxylic acids is 2. The van der Waals surface area contributed by atoms with Crippen molar-refractivity contribution < 1.29 is 130 Å². The van der Waals surface area contributed by atoms with Gasteiger partial charge in [-0.3, -0.25) is 4.70 Å². The van der Waals surface area contributed by atoms with Crippen molar-refractivity contribution >= 4 is 11.9 Å². The van der Waals surface area contributed by atoms with Crippen LogP contribution in [0.2, 0.25) is 0 Å². The smallest absolute Gasteiger partial charge is 1.00 e. The van der Waals surface area contributed by atoms with Crippen LogP contribution < -0.4 is 103 Å². The summed E-state index contributed by atoms with van der Waals surface area (Å²) in [5, 5.41) is 14.8. The molecule has 0 atom stereocenters. The summed E-state index contributed by atoms with van der Waals surface area (Å²) in [5.41, 5.74) is 0. The van der Waals surface area contributed by atoms with Gasteiger partial charge in [0.2, 0.25) is 0 Å². The molecule has 0 aliphatic carbocycles. The second-order valence-electron chi connectivity index (χ2n) is 0.610. The van der Waals surface area contributed by atoms with Gasteiger partial charge < -0.3 is 13.1 Å². The number of halogens is 1. The minimum absolute atomic E-state index is 0. The molecule has 0 amide bonds. The van der Waals surface area contributed by atoms with Crippen LogP contribution in [0.1, 0.15) is 2.85 Å². The first kappa shape index (κ1) is 22.5. The second-order valence-corrected chi connectivity index (χ2v) is 0.610. The molecule has 0 saturated carbocycles. The fourth-order valence-electron chi connectivity index (χ4n) is 0. The molecule has 2 N–H and O–H groups in total. The van der Waals surface area contributed by atoms with Crippen LogP contribution in [0.5, 0.6) is 0 Å². The van der Waals surface area contributed by atoms with Gasteiger partial charge in [0.1, 0.15) is 0 Å². The Bertz CT molecular complexity index is 90.1. The molecule has 0 aliphatic heterocycles. The molecule has 0 spiro atoms. The summed E-state index contributed by atoms with van der Waals surface area (Å²) in [7, 11) is 0. The van der Waals surface area contributed by atoms with E-state index in [2.05, 4.69) is 0 Å². The summed E-state index contributed by atoms with van der Waals surface area (Å²) < 4.78 is 0. The van der Waals surface area contributed by atoms with Gasteiger partial charge in [-0.05, 0) is 0 Å². The molecule has 0 rings (SSSR count). The normalized spacial score (nSPS) is 4.89. The first-order valence-corrected chi connectivity index (χ1v) is 1.11. The van der Waals surface area contributed by atoms with E-state index in [9.17, 15) is 0 Å². The SMILES string of the molecule is F.O=C(O)C(=O)O.[H-].[H-].[K+].[K+]. The Morgan fingerprint density at radius 3 is 1.11 bits per heavy atom. The molecule has 0 saturated heterocycles. The minimum atomic E-state index is -1.82. The van der Waals surface area contributed by atoms with Gasteiger partial charge in [-0.15, -0.1) is 0 Å². The zero-order valence-electron chi connectivity index (χ0n) is 7.12. The third kappa shape index (κ3) is 17.8. The first-order chi connectivity index (χ1) is 2.64. The maximum absolute atomic E-state index is 9.10. The summed E-state index contributed by atoms with van der Waals surface area (Å²) in [4.78, 5) is 18.2. The third-order valence-corrected chi connectivity index (χ3v) is 0.183. The van der Waals surface area contributed by atoms with Crippen LogP contribution in [0.25, 0.3) is 0 Å². The fourth-order valence-corrected chi connectivity index (χ4v) is 0. The number of hydrogen-bond acceptors (Lipinski definition) is 2. The van der Waals surface area contributed by atoms with Gasteiger partial charge in [-0.1, -0.05) is 0 Å². The van der Waals surface area contributed by atoms with Crippen LogP contribution in [-0.2, 0) is 9.59 Å². The predicted molar refractivity (Wildman–Crippen MR) is 20.0 cm³/mol. The molecular weight excluding hydrogens is 185 g/mol. The molecular formula is C2H5FK2O4. The van der Waals surface area contributed by atoms with Gasteiger partial charge in [0.25, 0.3) is 0 Å². The number of carboxylic acid groups (broad SMARTS) is 2. The quantitative estimate of drug-likeness (QED) is 0.294. The summed E-state index contributed by atoms with van der Waals surface area (Å²) >= 11 is 0. The van der Waals surface area contributed by atoms with Crippen molar-refractivity contribution in [2.45, 2.75) is 0 Å². The Hall–Kier alpha value is 2.14. The van der Waals surface area contributed by atoms with Gasteiger partial charge in [0.15, 0.2) is 0 Å². The molecule has 0 aromatic heterocycles. The van der Waals surface area contributed by atoms with E-state index >= 15 is 0 Å². The van der Waals surface area contributed by atoms with Crippen molar-refractivity contribution in [2.24, 2.45) is 0 Å². The van der Waals surface area contributed by atoms with Gasteiger partial charge in [-0.25, -0.2) is 9.59 Å². The molecule has 0 bridgehead atoms. The Labute approximate surface area is 139 Å². The van der Waals surface area contributed by atoms with Gasteiger partial charge in [0, 0.05) is 0 Å². The topological polar surface area (TPSA) is 74.6 Å². The molecule has 0 unspecified atom stereocenters. The second kappa shape index (κ2) is 12.8. The largest absolute Gasteiger partial charge is 1.00 e. The van der Waals surface area contributed by atoms with E-state index in [1.165, 1.54) is 0 Å². The van der Waals surface area contributed by atoms with Crippen LogP contribution in [-0.4, -0.2) is 22.2 Å². The van der Waals surface area contributed by atoms with Crippen molar-refractivity contribution in [3.8, 4) is 0 Å². The van der Waals surface area contributed by atoms with Crippen LogP contribution in [0.15, 0.2) is 0 Å². The molecule has 4 nitrogen and oxygen atoms in total. The Kier molecular flexibility index (Phi) is 31.9. The molecule has 0 radical (unpaired) electrons. The zero-order chi connectivity index (χ0) is 5.15. The van der Waals surface area contributed by atoms with E-state index < -0.39 is 11.9 Å². The average molecular weight is 190 g/mol. The zero-order valence-corrected chi connectivity index (χ0v) is 11.4. The van der Waals surface area contributed by atoms with Crippen LogP contribution in [0, 0.1) is 0 Å². The maximum atomic E-state index is 9.10. The molecule has 9 heavy (non-hydrogen) atoms. The Balaban J connectivity index is -0.0000000125. The van der Waals surface area contributed by atoms with E-state index in [1.807, 2.05) is 0 Å². The molecule has 0 fully saturated rings. The van der Waals surface area contributed by atoms with Crippen molar-refractivity contribution in [3.63, 3.8) is 0 Å². The van der Waals surface area contributed by atoms with Gasteiger partial charge >= 0.3 is 115 Å². The van der Waals surface area contributed by atoms with Crippen molar-refractivity contribution in [3.05, 3.63) is 0 Å². The van der Waals surface area contributed by atoms with Gasteiger partial charge in [0.05, 0.1) is 0 Å². The fraction of sp³-hybridized carbons (Fsp3) is 0. The van der Waals surface area contributed by atoms with Crippen molar-refractivity contribution in [1.29, 1.82) is 0 Å².